The summed E-state index contributed by atoms with van der Waals surface area (Å²) < 4.78 is 37.0. The van der Waals surface area contributed by atoms with E-state index in [0.29, 0.717) is 5.56 Å². The van der Waals surface area contributed by atoms with E-state index in [1.807, 2.05) is 19.1 Å². The van der Waals surface area contributed by atoms with Gasteiger partial charge < -0.3 is 9.47 Å². The molecule has 0 heterocycles. The van der Waals surface area contributed by atoms with Gasteiger partial charge in [0.05, 0.1) is 17.1 Å². The Morgan fingerprint density at radius 1 is 1.00 bits per heavy atom. The second-order valence-corrected chi connectivity index (χ2v) is 8.27. The molecule has 156 valence electrons. The zero-order chi connectivity index (χ0) is 21.4. The van der Waals surface area contributed by atoms with Crippen LogP contribution in [-0.2, 0) is 25.9 Å². The molecule has 0 aliphatic carbocycles. The number of esters is 1. The van der Waals surface area contributed by atoms with Gasteiger partial charge in [0.2, 0.25) is 10.0 Å². The van der Waals surface area contributed by atoms with E-state index < -0.39 is 22.0 Å². The van der Waals surface area contributed by atoms with Gasteiger partial charge in [0, 0.05) is 18.7 Å². The van der Waals surface area contributed by atoms with Crippen molar-refractivity contribution < 1.29 is 27.5 Å². The van der Waals surface area contributed by atoms with Crippen LogP contribution in [0.5, 0.6) is 0 Å². The molecule has 0 saturated heterocycles. The molecule has 0 aromatic heterocycles. The Morgan fingerprint density at radius 3 is 2.14 bits per heavy atom. The molecule has 2 rings (SSSR count). The second-order valence-electron chi connectivity index (χ2n) is 6.55. The Labute approximate surface area is 171 Å². The molecular weight excluding hydrogens is 394 g/mol. The molecule has 0 spiro atoms. The minimum Gasteiger partial charge on any atom is -0.454 e. The normalized spacial score (nSPS) is 12.4. The minimum atomic E-state index is -3.73. The van der Waals surface area contributed by atoms with Gasteiger partial charge in [0.15, 0.2) is 12.4 Å². The fraction of sp³-hybridized carbons (Fsp3) is 0.333. The molecule has 8 heteroatoms. The van der Waals surface area contributed by atoms with Gasteiger partial charge in [0.25, 0.3) is 0 Å². The monoisotopic (exact) mass is 419 g/mol. The predicted octanol–water partition coefficient (Wildman–Crippen LogP) is 2.60. The highest BCUT2D eigenvalue weighted by molar-refractivity contribution is 7.89. The third kappa shape index (κ3) is 6.49. The van der Waals surface area contributed by atoms with Crippen LogP contribution in [0.1, 0.15) is 40.1 Å². The Bertz CT molecular complexity index is 936. The lowest BCUT2D eigenvalue weighted by molar-refractivity contribution is 0.0474. The molecule has 0 radical (unpaired) electrons. The number of aryl methyl sites for hydroxylation is 1. The van der Waals surface area contributed by atoms with Gasteiger partial charge in [-0.25, -0.2) is 17.9 Å². The van der Waals surface area contributed by atoms with Crippen LogP contribution >= 0.6 is 0 Å². The van der Waals surface area contributed by atoms with E-state index in [1.54, 1.807) is 19.1 Å². The molecular formula is C21H25NO6S. The second kappa shape index (κ2) is 10.3. The van der Waals surface area contributed by atoms with Crippen molar-refractivity contribution in [1.82, 2.24) is 4.72 Å². The molecule has 1 N–H and O–H groups in total. The summed E-state index contributed by atoms with van der Waals surface area (Å²) in [6, 6.07) is 12.0. The first-order valence-corrected chi connectivity index (χ1v) is 10.7. The van der Waals surface area contributed by atoms with Gasteiger partial charge in [-0.3, -0.25) is 4.79 Å². The van der Waals surface area contributed by atoms with Crippen LogP contribution in [0.2, 0.25) is 0 Å². The van der Waals surface area contributed by atoms with Crippen molar-refractivity contribution in [2.75, 3.05) is 20.3 Å². The van der Waals surface area contributed by atoms with E-state index in [0.717, 1.165) is 12.0 Å². The first-order valence-electron chi connectivity index (χ1n) is 9.17. The number of ether oxygens (including phenoxy) is 2. The molecule has 0 aliphatic heterocycles. The van der Waals surface area contributed by atoms with Crippen molar-refractivity contribution in [3.05, 3.63) is 65.2 Å². The molecule has 0 saturated carbocycles. The molecule has 29 heavy (non-hydrogen) atoms. The molecule has 0 bridgehead atoms. The third-order valence-corrected chi connectivity index (χ3v) is 5.80. The first-order chi connectivity index (χ1) is 13.8. The summed E-state index contributed by atoms with van der Waals surface area (Å²) in [4.78, 5) is 24.3. The van der Waals surface area contributed by atoms with Crippen LogP contribution in [-0.4, -0.2) is 46.5 Å². The molecule has 0 fully saturated rings. The number of methoxy groups -OCH3 is 1. The molecule has 7 nitrogen and oxygen atoms in total. The van der Waals surface area contributed by atoms with E-state index >= 15 is 0 Å². The van der Waals surface area contributed by atoms with Gasteiger partial charge >= 0.3 is 5.97 Å². The average molecular weight is 419 g/mol. The van der Waals surface area contributed by atoms with Crippen molar-refractivity contribution in [2.24, 2.45) is 0 Å². The SMILES string of the molecule is CCc1ccc(C(=O)COC(=O)c2ccc(S(=O)(=O)N[C@H](C)COC)cc2)cc1. The summed E-state index contributed by atoms with van der Waals surface area (Å²) in [5, 5.41) is 0. The van der Waals surface area contributed by atoms with E-state index in [4.69, 9.17) is 9.47 Å². The quantitative estimate of drug-likeness (QED) is 0.469. The maximum Gasteiger partial charge on any atom is 0.338 e. The average Bonchev–Trinajstić information content (AvgIpc) is 2.71. The number of ketones is 1. The highest BCUT2D eigenvalue weighted by Crippen LogP contribution is 2.13. The third-order valence-electron chi connectivity index (χ3n) is 4.19. The predicted molar refractivity (Wildman–Crippen MR) is 109 cm³/mol. The zero-order valence-electron chi connectivity index (χ0n) is 16.7. The topological polar surface area (TPSA) is 98.8 Å². The summed E-state index contributed by atoms with van der Waals surface area (Å²) in [7, 11) is -2.25. The number of hydrogen-bond donors (Lipinski definition) is 1. The van der Waals surface area contributed by atoms with Gasteiger partial charge in [-0.1, -0.05) is 31.2 Å². The number of benzene rings is 2. The highest BCUT2D eigenvalue weighted by atomic mass is 32.2. The number of Topliss-reactive ketones (excluding diaryl/α,β-unsaturated/α-hetero) is 1. The molecule has 1 atom stereocenters. The number of hydrogen-bond acceptors (Lipinski definition) is 6. The first kappa shape index (κ1) is 22.7. The van der Waals surface area contributed by atoms with Crippen LogP contribution < -0.4 is 4.72 Å². The van der Waals surface area contributed by atoms with E-state index in [-0.39, 0.29) is 29.5 Å². The lowest BCUT2D eigenvalue weighted by atomic mass is 10.1. The van der Waals surface area contributed by atoms with Crippen LogP contribution in [0.4, 0.5) is 0 Å². The van der Waals surface area contributed by atoms with E-state index in [2.05, 4.69) is 4.72 Å². The maximum atomic E-state index is 12.3. The van der Waals surface area contributed by atoms with Crippen molar-refractivity contribution in [1.29, 1.82) is 0 Å². The van der Waals surface area contributed by atoms with Crippen molar-refractivity contribution in [3.8, 4) is 0 Å². The standard InChI is InChI=1S/C21H25NO6S/c1-4-16-5-7-17(8-6-16)20(23)14-28-21(24)18-9-11-19(12-10-18)29(25,26)22-15(2)13-27-3/h5-12,15,22H,4,13-14H2,1-3H3/t15-/m1/s1. The van der Waals surface area contributed by atoms with Gasteiger partial charge in [-0.2, -0.15) is 0 Å². The van der Waals surface area contributed by atoms with Crippen LogP contribution in [0, 0.1) is 0 Å². The minimum absolute atomic E-state index is 0.0177. The molecule has 2 aromatic carbocycles. The van der Waals surface area contributed by atoms with Crippen LogP contribution in [0.15, 0.2) is 53.4 Å². The Morgan fingerprint density at radius 2 is 1.59 bits per heavy atom. The Balaban J connectivity index is 1.96. The van der Waals surface area contributed by atoms with Gasteiger partial charge in [-0.15, -0.1) is 0 Å². The fourth-order valence-electron chi connectivity index (χ4n) is 2.61. The number of sulfonamides is 1. The summed E-state index contributed by atoms with van der Waals surface area (Å²) in [5.41, 5.74) is 1.73. The van der Waals surface area contributed by atoms with Crippen molar-refractivity contribution in [3.63, 3.8) is 0 Å². The lowest BCUT2D eigenvalue weighted by Crippen LogP contribution is -2.35. The summed E-state index contributed by atoms with van der Waals surface area (Å²) in [6.45, 7) is 3.55. The lowest BCUT2D eigenvalue weighted by Gasteiger charge is -2.13. The molecule has 0 amide bonds. The summed E-state index contributed by atoms with van der Waals surface area (Å²) in [6.07, 6.45) is 0.871. The number of rotatable bonds is 10. The molecule has 0 aliphatic rings. The van der Waals surface area contributed by atoms with Gasteiger partial charge in [-0.05, 0) is 43.2 Å². The maximum absolute atomic E-state index is 12.3. The molecule has 0 unspecified atom stereocenters. The highest BCUT2D eigenvalue weighted by Gasteiger charge is 2.18. The van der Waals surface area contributed by atoms with E-state index in [1.165, 1.54) is 31.4 Å². The largest absolute Gasteiger partial charge is 0.454 e. The molecule has 2 aromatic rings. The van der Waals surface area contributed by atoms with Gasteiger partial charge in [0.1, 0.15) is 0 Å². The summed E-state index contributed by atoms with van der Waals surface area (Å²) >= 11 is 0. The number of carbonyl (C=O) groups excluding carboxylic acids is 2. The van der Waals surface area contributed by atoms with E-state index in [9.17, 15) is 18.0 Å². The number of carbonyl (C=O) groups is 2. The Kier molecular flexibility index (Phi) is 8.07. The smallest absolute Gasteiger partial charge is 0.338 e. The van der Waals surface area contributed by atoms with Crippen molar-refractivity contribution in [2.45, 2.75) is 31.2 Å². The van der Waals surface area contributed by atoms with Crippen molar-refractivity contribution >= 4 is 21.8 Å². The van der Waals surface area contributed by atoms with Crippen LogP contribution in [0.25, 0.3) is 0 Å². The number of nitrogens with one attached hydrogen (secondary N) is 1. The fourth-order valence-corrected chi connectivity index (χ4v) is 3.84. The van der Waals surface area contributed by atoms with Crippen LogP contribution in [0.3, 0.4) is 0 Å². The summed E-state index contributed by atoms with van der Waals surface area (Å²) in [5.74, 6) is -1.01. The Hall–Kier alpha value is -2.55. The zero-order valence-corrected chi connectivity index (χ0v) is 17.5.